The molecule has 4 aromatic rings. The molecule has 2 N–H and O–H groups in total. The lowest BCUT2D eigenvalue weighted by Crippen LogP contribution is -2.47. The Labute approximate surface area is 235 Å². The van der Waals surface area contributed by atoms with Gasteiger partial charge in [-0.25, -0.2) is 4.39 Å². The number of hydrogen-bond donors (Lipinski definition) is 2. The highest BCUT2D eigenvalue weighted by Crippen LogP contribution is 2.36. The van der Waals surface area contributed by atoms with E-state index in [1.165, 1.54) is 30.3 Å². The van der Waals surface area contributed by atoms with Gasteiger partial charge in [0.1, 0.15) is 17.6 Å². The fourth-order valence-corrected chi connectivity index (χ4v) is 5.24. The van der Waals surface area contributed by atoms with Gasteiger partial charge in [-0.15, -0.1) is 0 Å². The number of nitrogens with zero attached hydrogens (tertiary/aromatic N) is 1. The molecule has 212 valence electrons. The van der Waals surface area contributed by atoms with E-state index in [0.717, 1.165) is 66.8 Å². The Morgan fingerprint density at radius 3 is 2.24 bits per heavy atom. The normalized spacial score (nSPS) is 14.8. The SMILES string of the molecule is O=C(NC1CCCCC1)[C@H](c1ccc(F)cc1)N(C(=O)c1ccc(-c2ccccc2)[nH]1)c1cccc(C(F)(F)F)c1. The molecule has 1 aliphatic rings. The van der Waals surface area contributed by atoms with E-state index in [4.69, 9.17) is 0 Å². The number of nitrogens with one attached hydrogen (secondary N) is 2. The van der Waals surface area contributed by atoms with Gasteiger partial charge in [-0.05, 0) is 66.4 Å². The summed E-state index contributed by atoms with van der Waals surface area (Å²) in [4.78, 5) is 32.2. The van der Waals surface area contributed by atoms with Gasteiger partial charge in [0.25, 0.3) is 5.91 Å². The van der Waals surface area contributed by atoms with Gasteiger partial charge in [0.2, 0.25) is 5.91 Å². The molecule has 5 rings (SSSR count). The van der Waals surface area contributed by atoms with Crippen LogP contribution in [0.2, 0.25) is 0 Å². The number of alkyl halides is 3. The largest absolute Gasteiger partial charge is 0.416 e. The quantitative estimate of drug-likeness (QED) is 0.227. The van der Waals surface area contributed by atoms with Gasteiger partial charge in [0.05, 0.1) is 5.56 Å². The molecule has 1 fully saturated rings. The Morgan fingerprint density at radius 2 is 1.56 bits per heavy atom. The van der Waals surface area contributed by atoms with Crippen molar-refractivity contribution in [2.75, 3.05) is 4.90 Å². The van der Waals surface area contributed by atoms with Crippen LogP contribution in [0.15, 0.2) is 91.0 Å². The maximum absolute atomic E-state index is 14.2. The first-order valence-corrected chi connectivity index (χ1v) is 13.5. The van der Waals surface area contributed by atoms with Gasteiger partial charge in [0, 0.05) is 17.4 Å². The molecule has 3 aromatic carbocycles. The van der Waals surface area contributed by atoms with Crippen molar-refractivity contribution in [3.8, 4) is 11.3 Å². The smallest absolute Gasteiger partial charge is 0.351 e. The Hall–Kier alpha value is -4.40. The zero-order valence-corrected chi connectivity index (χ0v) is 22.1. The molecule has 1 aromatic heterocycles. The molecule has 0 unspecified atom stereocenters. The van der Waals surface area contributed by atoms with E-state index in [-0.39, 0.29) is 23.0 Å². The van der Waals surface area contributed by atoms with E-state index in [2.05, 4.69) is 10.3 Å². The van der Waals surface area contributed by atoms with Crippen molar-refractivity contribution in [3.63, 3.8) is 0 Å². The van der Waals surface area contributed by atoms with Crippen LogP contribution in [-0.2, 0) is 11.0 Å². The molecular formula is C32H29F4N3O2. The van der Waals surface area contributed by atoms with Gasteiger partial charge in [-0.2, -0.15) is 13.2 Å². The first kappa shape index (κ1) is 28.1. The standard InChI is InChI=1S/C32H29F4N3O2/c33-24-16-14-22(15-17-24)29(30(40)37-25-11-5-2-6-12-25)39(26-13-7-10-23(20-26)32(34,35)36)31(41)28-19-18-27(38-28)21-8-3-1-4-9-21/h1,3-4,7-10,13-20,25,29,38H,2,5-6,11-12H2,(H,37,40)/t29-/m0/s1. The first-order chi connectivity index (χ1) is 19.7. The number of benzene rings is 3. The van der Waals surface area contributed by atoms with Crippen LogP contribution >= 0.6 is 0 Å². The highest BCUT2D eigenvalue weighted by Gasteiger charge is 2.37. The molecule has 0 saturated heterocycles. The summed E-state index contributed by atoms with van der Waals surface area (Å²) in [7, 11) is 0. The fourth-order valence-electron chi connectivity index (χ4n) is 5.24. The minimum absolute atomic E-state index is 0.0823. The summed E-state index contributed by atoms with van der Waals surface area (Å²) in [5.74, 6) is -1.81. The third-order valence-electron chi connectivity index (χ3n) is 7.32. The molecule has 41 heavy (non-hydrogen) atoms. The molecule has 5 nitrogen and oxygen atoms in total. The second-order valence-electron chi connectivity index (χ2n) is 10.2. The van der Waals surface area contributed by atoms with Crippen LogP contribution in [-0.4, -0.2) is 22.8 Å². The Balaban J connectivity index is 1.62. The average molecular weight is 564 g/mol. The van der Waals surface area contributed by atoms with Crippen LogP contribution < -0.4 is 10.2 Å². The number of anilines is 1. The topological polar surface area (TPSA) is 65.2 Å². The number of H-pyrrole nitrogens is 1. The Bertz CT molecular complexity index is 1490. The molecule has 0 bridgehead atoms. The lowest BCUT2D eigenvalue weighted by atomic mass is 9.94. The van der Waals surface area contributed by atoms with Crippen molar-refractivity contribution in [1.82, 2.24) is 10.3 Å². The van der Waals surface area contributed by atoms with Crippen LogP contribution in [0, 0.1) is 5.82 Å². The number of carbonyl (C=O) groups excluding carboxylic acids is 2. The zero-order valence-electron chi connectivity index (χ0n) is 22.1. The third-order valence-corrected chi connectivity index (χ3v) is 7.32. The van der Waals surface area contributed by atoms with Gasteiger partial charge < -0.3 is 10.3 Å². The van der Waals surface area contributed by atoms with Crippen molar-refractivity contribution in [1.29, 1.82) is 0 Å². The molecule has 0 radical (unpaired) electrons. The number of aromatic nitrogens is 1. The molecular weight excluding hydrogens is 534 g/mol. The number of rotatable bonds is 7. The van der Waals surface area contributed by atoms with E-state index < -0.39 is 35.4 Å². The van der Waals surface area contributed by atoms with Crippen LogP contribution in [0.25, 0.3) is 11.3 Å². The van der Waals surface area contributed by atoms with Gasteiger partial charge in [-0.3, -0.25) is 14.5 Å². The maximum atomic E-state index is 14.2. The van der Waals surface area contributed by atoms with Gasteiger partial charge in [-0.1, -0.05) is 67.8 Å². The summed E-state index contributed by atoms with van der Waals surface area (Å²) in [5.41, 5.74) is 0.702. The maximum Gasteiger partial charge on any atom is 0.416 e. The Kier molecular flexibility index (Phi) is 8.23. The van der Waals surface area contributed by atoms with Crippen molar-refractivity contribution in [3.05, 3.63) is 114 Å². The second-order valence-corrected chi connectivity index (χ2v) is 10.2. The summed E-state index contributed by atoms with van der Waals surface area (Å²) < 4.78 is 55.2. The number of carbonyl (C=O) groups is 2. The summed E-state index contributed by atoms with van der Waals surface area (Å²) in [6.45, 7) is 0. The predicted octanol–water partition coefficient (Wildman–Crippen LogP) is 7.68. The van der Waals surface area contributed by atoms with Crippen LogP contribution in [0.1, 0.15) is 59.8 Å². The minimum atomic E-state index is -4.67. The predicted molar refractivity (Wildman–Crippen MR) is 149 cm³/mol. The van der Waals surface area contributed by atoms with Gasteiger partial charge >= 0.3 is 6.18 Å². The summed E-state index contributed by atoms with van der Waals surface area (Å²) >= 11 is 0. The molecule has 1 atom stereocenters. The molecule has 2 amide bonds. The van der Waals surface area contributed by atoms with E-state index in [1.807, 2.05) is 30.3 Å². The number of aromatic amines is 1. The summed E-state index contributed by atoms with van der Waals surface area (Å²) in [6.07, 6.45) is -0.222. The monoisotopic (exact) mass is 563 g/mol. The Morgan fingerprint density at radius 1 is 0.854 bits per heavy atom. The molecule has 0 spiro atoms. The van der Waals surface area contributed by atoms with E-state index in [1.54, 1.807) is 6.07 Å². The summed E-state index contributed by atoms with van der Waals surface area (Å²) in [6, 6.07) is 20.4. The first-order valence-electron chi connectivity index (χ1n) is 13.5. The molecule has 1 aliphatic carbocycles. The number of amides is 2. The third kappa shape index (κ3) is 6.51. The van der Waals surface area contributed by atoms with Crippen molar-refractivity contribution in [2.24, 2.45) is 0 Å². The van der Waals surface area contributed by atoms with Gasteiger partial charge in [0.15, 0.2) is 0 Å². The lowest BCUT2D eigenvalue weighted by molar-refractivity contribution is -0.137. The van der Waals surface area contributed by atoms with Crippen LogP contribution in [0.5, 0.6) is 0 Å². The highest BCUT2D eigenvalue weighted by molar-refractivity contribution is 6.09. The number of halogens is 4. The second kappa shape index (κ2) is 12.0. The average Bonchev–Trinajstić information content (AvgIpc) is 3.47. The van der Waals surface area contributed by atoms with E-state index in [0.29, 0.717) is 5.69 Å². The van der Waals surface area contributed by atoms with Crippen LogP contribution in [0.3, 0.4) is 0 Å². The fraction of sp³-hybridized carbons (Fsp3) is 0.250. The number of hydrogen-bond acceptors (Lipinski definition) is 2. The molecule has 1 heterocycles. The summed E-state index contributed by atoms with van der Waals surface area (Å²) in [5, 5.41) is 3.01. The van der Waals surface area contributed by atoms with Crippen molar-refractivity contribution in [2.45, 2.75) is 50.4 Å². The van der Waals surface area contributed by atoms with Crippen LogP contribution in [0.4, 0.5) is 23.2 Å². The van der Waals surface area contributed by atoms with E-state index >= 15 is 0 Å². The molecule has 1 saturated carbocycles. The molecule has 9 heteroatoms. The van der Waals surface area contributed by atoms with E-state index in [9.17, 15) is 27.2 Å². The highest BCUT2D eigenvalue weighted by atomic mass is 19.4. The van der Waals surface area contributed by atoms with Crippen molar-refractivity contribution < 1.29 is 27.2 Å². The molecule has 0 aliphatic heterocycles. The zero-order chi connectivity index (χ0) is 29.0. The van der Waals surface area contributed by atoms with Crippen molar-refractivity contribution >= 4 is 17.5 Å². The lowest BCUT2D eigenvalue weighted by Gasteiger charge is -2.33. The minimum Gasteiger partial charge on any atom is -0.351 e.